The van der Waals surface area contributed by atoms with Crippen LogP contribution in [0.3, 0.4) is 0 Å². The number of carbonyl (C=O) groups is 1. The number of hydrogen-bond acceptors (Lipinski definition) is 5. The molecule has 1 amide bonds. The normalized spacial score (nSPS) is 11.0. The molecule has 27 heavy (non-hydrogen) atoms. The zero-order valence-electron chi connectivity index (χ0n) is 15.9. The van der Waals surface area contributed by atoms with Gasteiger partial charge in [-0.15, -0.1) is 0 Å². The van der Waals surface area contributed by atoms with Crippen molar-refractivity contribution in [2.75, 3.05) is 11.1 Å². The molecule has 2 heterocycles. The second-order valence-corrected chi connectivity index (χ2v) is 7.66. The Morgan fingerprint density at radius 1 is 1.15 bits per heavy atom. The van der Waals surface area contributed by atoms with Gasteiger partial charge in [0.1, 0.15) is 11.4 Å². The van der Waals surface area contributed by atoms with E-state index in [4.69, 9.17) is 0 Å². The van der Waals surface area contributed by atoms with E-state index in [0.717, 1.165) is 22.1 Å². The summed E-state index contributed by atoms with van der Waals surface area (Å²) >= 11 is 1.37. The van der Waals surface area contributed by atoms with Crippen molar-refractivity contribution in [1.29, 1.82) is 0 Å². The van der Waals surface area contributed by atoms with E-state index in [1.165, 1.54) is 23.7 Å². The largest absolute Gasteiger partial charge is 0.325 e. The maximum Gasteiger partial charge on any atom is 0.234 e. The summed E-state index contributed by atoms with van der Waals surface area (Å²) in [5.74, 6) is 1.38. The molecule has 3 rings (SSSR count). The van der Waals surface area contributed by atoms with Gasteiger partial charge in [0.25, 0.3) is 0 Å². The summed E-state index contributed by atoms with van der Waals surface area (Å²) in [5.41, 5.74) is 3.99. The number of rotatable bonds is 6. The number of benzene rings is 1. The third-order valence-electron chi connectivity index (χ3n) is 4.07. The molecule has 0 atom stereocenters. The summed E-state index contributed by atoms with van der Waals surface area (Å²) in [6.45, 7) is 8.21. The van der Waals surface area contributed by atoms with E-state index in [1.54, 1.807) is 4.68 Å². The van der Waals surface area contributed by atoms with Crippen LogP contribution in [0.1, 0.15) is 36.7 Å². The average molecular weight is 382 g/mol. The van der Waals surface area contributed by atoms with E-state index in [-0.39, 0.29) is 11.7 Å². The van der Waals surface area contributed by atoms with Crippen molar-refractivity contribution in [1.82, 2.24) is 19.7 Å². The van der Waals surface area contributed by atoms with E-state index in [1.807, 2.05) is 50.2 Å². The highest BCUT2D eigenvalue weighted by Crippen LogP contribution is 2.20. The Morgan fingerprint density at radius 2 is 1.89 bits per heavy atom. The Balaban J connectivity index is 1.60. The molecule has 2 aromatic heterocycles. The second-order valence-electron chi connectivity index (χ2n) is 6.67. The lowest BCUT2D eigenvalue weighted by Gasteiger charge is -2.08. The van der Waals surface area contributed by atoms with Crippen LogP contribution in [0.5, 0.6) is 0 Å². The quantitative estimate of drug-likeness (QED) is 0.513. The lowest BCUT2D eigenvalue weighted by Crippen LogP contribution is -2.14. The van der Waals surface area contributed by atoms with E-state index < -0.39 is 0 Å². The fourth-order valence-electron chi connectivity index (χ4n) is 2.67. The van der Waals surface area contributed by atoms with Gasteiger partial charge in [0.05, 0.1) is 11.4 Å². The molecule has 0 aliphatic rings. The number of nitrogens with zero attached hydrogens (tertiary/aromatic N) is 4. The number of aromatic nitrogens is 4. The first-order valence-electron chi connectivity index (χ1n) is 8.80. The molecule has 0 aliphatic carbocycles. The van der Waals surface area contributed by atoms with Crippen LogP contribution in [0.25, 0.3) is 5.82 Å². The zero-order chi connectivity index (χ0) is 19.4. The monoisotopic (exact) mass is 381 g/mol. The minimum absolute atomic E-state index is 0.0661. The molecule has 140 valence electrons. The van der Waals surface area contributed by atoms with Crippen LogP contribution in [0, 0.1) is 13.8 Å². The summed E-state index contributed by atoms with van der Waals surface area (Å²) in [6.07, 6.45) is 1.50. The van der Waals surface area contributed by atoms with E-state index >= 15 is 0 Å². The van der Waals surface area contributed by atoms with Gasteiger partial charge in [-0.05, 0) is 43.5 Å². The highest BCUT2D eigenvalue weighted by Gasteiger charge is 2.09. The Hall–Kier alpha value is -2.67. The molecule has 0 radical (unpaired) electrons. The van der Waals surface area contributed by atoms with Crippen LogP contribution in [0.15, 0.2) is 47.8 Å². The standard InChI is InChI=1S/C20H23N5OS/c1-13(2)16-5-7-17(8-6-16)23-19(26)11-27-20-10-18(21-12-22-20)25-15(4)9-14(3)24-25/h5-10,12-13H,11H2,1-4H3,(H,23,26). The molecule has 0 unspecified atom stereocenters. The zero-order valence-corrected chi connectivity index (χ0v) is 16.7. The van der Waals surface area contributed by atoms with E-state index in [9.17, 15) is 4.79 Å². The molecule has 6 nitrogen and oxygen atoms in total. The number of hydrogen-bond donors (Lipinski definition) is 1. The highest BCUT2D eigenvalue weighted by atomic mass is 32.2. The first-order chi connectivity index (χ1) is 12.9. The SMILES string of the molecule is Cc1cc(C)n(-c2cc(SCC(=O)Nc3ccc(C(C)C)cc3)ncn2)n1. The third kappa shape index (κ3) is 4.95. The van der Waals surface area contributed by atoms with Crippen molar-refractivity contribution in [2.24, 2.45) is 0 Å². The van der Waals surface area contributed by atoms with Gasteiger partial charge >= 0.3 is 0 Å². The molecule has 0 aliphatic heterocycles. The maximum atomic E-state index is 12.2. The van der Waals surface area contributed by atoms with Crippen LogP contribution < -0.4 is 5.32 Å². The molecular formula is C20H23N5OS. The molecule has 0 spiro atoms. The van der Waals surface area contributed by atoms with Crippen molar-refractivity contribution >= 4 is 23.4 Å². The first kappa shape index (κ1) is 19.1. The predicted molar refractivity (Wildman–Crippen MR) is 109 cm³/mol. The van der Waals surface area contributed by atoms with Gasteiger partial charge in [0.2, 0.25) is 5.91 Å². The maximum absolute atomic E-state index is 12.2. The van der Waals surface area contributed by atoms with E-state index in [0.29, 0.717) is 11.7 Å². The number of nitrogens with one attached hydrogen (secondary N) is 1. The van der Waals surface area contributed by atoms with Crippen molar-refractivity contribution in [2.45, 2.75) is 38.6 Å². The minimum atomic E-state index is -0.0661. The summed E-state index contributed by atoms with van der Waals surface area (Å²) in [7, 11) is 0. The molecule has 1 aromatic carbocycles. The number of amides is 1. The third-order valence-corrected chi connectivity index (χ3v) is 4.99. The Morgan fingerprint density at radius 3 is 2.52 bits per heavy atom. The topological polar surface area (TPSA) is 72.7 Å². The lowest BCUT2D eigenvalue weighted by atomic mass is 10.0. The summed E-state index contributed by atoms with van der Waals surface area (Å²) < 4.78 is 1.78. The Labute approximate surface area is 163 Å². The second kappa shape index (κ2) is 8.35. The van der Waals surface area contributed by atoms with Gasteiger partial charge in [-0.2, -0.15) is 5.10 Å². The molecule has 0 saturated carbocycles. The molecular weight excluding hydrogens is 358 g/mol. The lowest BCUT2D eigenvalue weighted by molar-refractivity contribution is -0.113. The fraction of sp³-hybridized carbons (Fsp3) is 0.300. The smallest absolute Gasteiger partial charge is 0.234 e. The summed E-state index contributed by atoms with van der Waals surface area (Å²) in [6, 6.07) is 11.8. The van der Waals surface area contributed by atoms with Crippen molar-refractivity contribution in [3.63, 3.8) is 0 Å². The molecule has 7 heteroatoms. The Kier molecular flexibility index (Phi) is 5.91. The van der Waals surface area contributed by atoms with Gasteiger partial charge in [-0.25, -0.2) is 14.6 Å². The van der Waals surface area contributed by atoms with E-state index in [2.05, 4.69) is 34.2 Å². The molecule has 0 saturated heterocycles. The number of carbonyl (C=O) groups excluding carboxylic acids is 1. The Bertz CT molecular complexity index is 934. The van der Waals surface area contributed by atoms with Gasteiger partial charge in [0.15, 0.2) is 5.82 Å². The summed E-state index contributed by atoms with van der Waals surface area (Å²) in [5, 5.41) is 8.08. The van der Waals surface area contributed by atoms with Gasteiger partial charge < -0.3 is 5.32 Å². The van der Waals surface area contributed by atoms with Crippen LogP contribution >= 0.6 is 11.8 Å². The van der Waals surface area contributed by atoms with Gasteiger partial charge in [-0.1, -0.05) is 37.7 Å². The molecule has 3 aromatic rings. The van der Waals surface area contributed by atoms with Crippen LogP contribution in [-0.4, -0.2) is 31.4 Å². The van der Waals surface area contributed by atoms with Crippen LogP contribution in [-0.2, 0) is 4.79 Å². The fourth-order valence-corrected chi connectivity index (χ4v) is 3.33. The number of thioether (sulfide) groups is 1. The van der Waals surface area contributed by atoms with Gasteiger partial charge in [-0.3, -0.25) is 4.79 Å². The number of aryl methyl sites for hydroxylation is 2. The van der Waals surface area contributed by atoms with Gasteiger partial charge in [0, 0.05) is 17.4 Å². The molecule has 1 N–H and O–H groups in total. The van der Waals surface area contributed by atoms with Crippen LogP contribution in [0.4, 0.5) is 5.69 Å². The highest BCUT2D eigenvalue weighted by molar-refractivity contribution is 7.99. The van der Waals surface area contributed by atoms with Crippen molar-refractivity contribution in [3.8, 4) is 5.82 Å². The van der Waals surface area contributed by atoms with Crippen LogP contribution in [0.2, 0.25) is 0 Å². The number of anilines is 1. The summed E-state index contributed by atoms with van der Waals surface area (Å²) in [4.78, 5) is 20.7. The predicted octanol–water partition coefficient (Wildman–Crippen LogP) is 4.13. The van der Waals surface area contributed by atoms with Crippen molar-refractivity contribution < 1.29 is 4.79 Å². The van der Waals surface area contributed by atoms with Crippen molar-refractivity contribution in [3.05, 3.63) is 59.7 Å². The molecule has 0 bridgehead atoms. The average Bonchev–Trinajstić information content (AvgIpc) is 2.99. The molecule has 0 fully saturated rings. The first-order valence-corrected chi connectivity index (χ1v) is 9.79. The minimum Gasteiger partial charge on any atom is -0.325 e.